The summed E-state index contributed by atoms with van der Waals surface area (Å²) >= 11 is 0.752. The van der Waals surface area contributed by atoms with E-state index in [-0.39, 0.29) is 11.8 Å². The standard InChI is InChI=1S/C50H82N2O2S/c1-5-9-11-13-15-17-19-21-23-25-27-29-37-43(35-7-3)45-39-31-33-41-47(45)49(53)51-55-52-50(54)48-42-34-32-40-46(48)44(36-8-4)38-30-28-26-24-22-20-18-16-14-12-10-6-2/h31-34,39-44H,5-30,35-38H2,1-4H3. The molecule has 0 saturated carbocycles. The monoisotopic (exact) mass is 775 g/mol. The molecule has 2 atom stereocenters. The predicted octanol–water partition coefficient (Wildman–Crippen LogP) is 17.1. The molecule has 5 heteroatoms. The van der Waals surface area contributed by atoms with Gasteiger partial charge in [0.2, 0.25) is 0 Å². The molecule has 0 aliphatic carbocycles. The summed E-state index contributed by atoms with van der Waals surface area (Å²) in [6.45, 7) is 9.02. The minimum Gasteiger partial charge on any atom is -0.266 e. The van der Waals surface area contributed by atoms with Crippen molar-refractivity contribution in [3.05, 3.63) is 70.8 Å². The highest BCUT2D eigenvalue weighted by Gasteiger charge is 2.20. The number of carbonyl (C=O) groups excluding carboxylic acids is 2. The summed E-state index contributed by atoms with van der Waals surface area (Å²) < 4.78 is 8.49. The molecule has 0 fully saturated rings. The van der Waals surface area contributed by atoms with Crippen LogP contribution >= 0.6 is 0 Å². The molecule has 0 spiro atoms. The third-order valence-electron chi connectivity index (χ3n) is 11.6. The third-order valence-corrected chi connectivity index (χ3v) is 12.1. The molecule has 2 aromatic rings. The Balaban J connectivity index is 1.90. The first-order valence-corrected chi connectivity index (χ1v) is 24.1. The Kier molecular flexibility index (Phi) is 29.9. The van der Waals surface area contributed by atoms with Crippen LogP contribution in [0, 0.1) is 0 Å². The van der Waals surface area contributed by atoms with E-state index in [1.807, 2.05) is 36.4 Å². The molecule has 310 valence electrons. The summed E-state index contributed by atoms with van der Waals surface area (Å²) in [6.07, 6.45) is 38.8. The fourth-order valence-electron chi connectivity index (χ4n) is 8.36. The lowest BCUT2D eigenvalue weighted by Crippen LogP contribution is -2.07. The van der Waals surface area contributed by atoms with Crippen LogP contribution in [0.1, 0.15) is 264 Å². The highest BCUT2D eigenvalue weighted by atomic mass is 32.1. The van der Waals surface area contributed by atoms with Gasteiger partial charge in [-0.05, 0) is 60.8 Å². The lowest BCUT2D eigenvalue weighted by Gasteiger charge is -2.19. The molecule has 0 N–H and O–H groups in total. The van der Waals surface area contributed by atoms with Crippen LogP contribution in [0.5, 0.6) is 0 Å². The second-order valence-corrected chi connectivity index (χ2v) is 16.9. The minimum absolute atomic E-state index is 0.294. The van der Waals surface area contributed by atoms with E-state index in [9.17, 15) is 9.59 Å². The first-order valence-electron chi connectivity index (χ1n) is 23.4. The van der Waals surface area contributed by atoms with Crippen molar-refractivity contribution in [3.8, 4) is 0 Å². The average molecular weight is 775 g/mol. The molecule has 0 radical (unpaired) electrons. The van der Waals surface area contributed by atoms with Gasteiger partial charge in [0.05, 0.1) is 11.4 Å². The zero-order chi connectivity index (χ0) is 39.6. The maximum Gasteiger partial charge on any atom is 0.289 e. The molecular weight excluding hydrogens is 693 g/mol. The van der Waals surface area contributed by atoms with Gasteiger partial charge in [-0.3, -0.25) is 9.59 Å². The summed E-state index contributed by atoms with van der Waals surface area (Å²) in [5.41, 5.74) is 3.50. The summed E-state index contributed by atoms with van der Waals surface area (Å²) in [7, 11) is 0. The van der Waals surface area contributed by atoms with Gasteiger partial charge in [0.25, 0.3) is 11.8 Å². The summed E-state index contributed by atoms with van der Waals surface area (Å²) in [4.78, 5) is 26.9. The van der Waals surface area contributed by atoms with E-state index in [4.69, 9.17) is 0 Å². The van der Waals surface area contributed by atoms with Crippen LogP contribution in [0.15, 0.2) is 57.3 Å². The van der Waals surface area contributed by atoms with Crippen molar-refractivity contribution in [1.82, 2.24) is 0 Å². The van der Waals surface area contributed by atoms with E-state index < -0.39 is 0 Å². The van der Waals surface area contributed by atoms with Crippen molar-refractivity contribution in [2.45, 2.75) is 232 Å². The second kappa shape index (κ2) is 33.7. The molecule has 0 aliphatic rings. The Bertz CT molecular complexity index is 1240. The summed E-state index contributed by atoms with van der Waals surface area (Å²) in [6, 6.07) is 15.9. The number of rotatable bonds is 34. The van der Waals surface area contributed by atoms with E-state index in [1.54, 1.807) is 0 Å². The van der Waals surface area contributed by atoms with Gasteiger partial charge in [-0.15, -0.1) is 8.73 Å². The van der Waals surface area contributed by atoms with Crippen molar-refractivity contribution < 1.29 is 9.59 Å². The fraction of sp³-hybridized carbons (Fsp3) is 0.720. The predicted molar refractivity (Wildman–Crippen MR) is 240 cm³/mol. The summed E-state index contributed by atoms with van der Waals surface area (Å²) in [5.74, 6) is 0.105. The van der Waals surface area contributed by atoms with Crippen LogP contribution < -0.4 is 0 Å². The van der Waals surface area contributed by atoms with Gasteiger partial charge >= 0.3 is 0 Å². The molecule has 4 nitrogen and oxygen atoms in total. The topological polar surface area (TPSA) is 58.9 Å². The molecule has 0 aliphatic heterocycles. The zero-order valence-corrected chi connectivity index (χ0v) is 36.9. The van der Waals surface area contributed by atoms with Gasteiger partial charge in [0, 0.05) is 11.1 Å². The number of hydrogen-bond donors (Lipinski definition) is 0. The van der Waals surface area contributed by atoms with Crippen LogP contribution in [-0.4, -0.2) is 11.8 Å². The number of unbranched alkanes of at least 4 members (excludes halogenated alkanes) is 22. The lowest BCUT2D eigenvalue weighted by atomic mass is 9.86. The minimum atomic E-state index is -0.294. The largest absolute Gasteiger partial charge is 0.289 e. The van der Waals surface area contributed by atoms with Crippen molar-refractivity contribution in [2.75, 3.05) is 0 Å². The first kappa shape index (κ1) is 48.7. The molecule has 0 saturated heterocycles. The molecule has 0 aromatic heterocycles. The van der Waals surface area contributed by atoms with Gasteiger partial charge in [-0.2, -0.15) is 0 Å². The van der Waals surface area contributed by atoms with E-state index in [0.717, 1.165) is 61.0 Å². The van der Waals surface area contributed by atoms with Crippen LogP contribution in [0.3, 0.4) is 0 Å². The van der Waals surface area contributed by atoms with E-state index in [0.29, 0.717) is 23.0 Å². The molecule has 55 heavy (non-hydrogen) atoms. The average Bonchev–Trinajstić information content (AvgIpc) is 3.20. The Morgan fingerprint density at radius 2 is 0.691 bits per heavy atom. The fourth-order valence-corrected chi connectivity index (χ4v) is 8.75. The summed E-state index contributed by atoms with van der Waals surface area (Å²) in [5, 5.41) is 0. The van der Waals surface area contributed by atoms with Crippen molar-refractivity contribution in [1.29, 1.82) is 0 Å². The molecule has 2 rings (SSSR count). The molecular formula is C50H82N2O2S. The molecule has 0 bridgehead atoms. The number of benzene rings is 2. The van der Waals surface area contributed by atoms with E-state index in [2.05, 4.69) is 48.6 Å². The molecule has 2 aromatic carbocycles. The SMILES string of the molecule is CCCCCCCCCCCCCCC(CCC)c1ccccc1C(=O)N=S=NC(=O)c1ccccc1C(CCC)CCCCCCCCCCCCCC. The van der Waals surface area contributed by atoms with Gasteiger partial charge in [0.15, 0.2) is 0 Å². The Labute approximate surface area is 343 Å². The molecule has 2 unspecified atom stereocenters. The van der Waals surface area contributed by atoms with Crippen LogP contribution in [-0.2, 0) is 11.4 Å². The van der Waals surface area contributed by atoms with Crippen molar-refractivity contribution in [3.63, 3.8) is 0 Å². The Morgan fingerprint density at radius 3 is 1.00 bits per heavy atom. The second-order valence-electron chi connectivity index (χ2n) is 16.4. The zero-order valence-electron chi connectivity index (χ0n) is 36.1. The van der Waals surface area contributed by atoms with E-state index in [1.165, 1.54) is 154 Å². The maximum absolute atomic E-state index is 13.5. The van der Waals surface area contributed by atoms with Crippen molar-refractivity contribution in [2.24, 2.45) is 8.73 Å². The van der Waals surface area contributed by atoms with Crippen LogP contribution in [0.2, 0.25) is 0 Å². The number of carbonyl (C=O) groups is 2. The Morgan fingerprint density at radius 1 is 0.400 bits per heavy atom. The normalized spacial score (nSPS) is 12.4. The van der Waals surface area contributed by atoms with Gasteiger partial charge in [-0.25, -0.2) is 0 Å². The van der Waals surface area contributed by atoms with E-state index >= 15 is 0 Å². The first-order chi connectivity index (χ1) is 27.1. The van der Waals surface area contributed by atoms with Crippen molar-refractivity contribution >= 4 is 23.2 Å². The van der Waals surface area contributed by atoms with Gasteiger partial charge < -0.3 is 0 Å². The third kappa shape index (κ3) is 22.2. The lowest BCUT2D eigenvalue weighted by molar-refractivity contribution is 0.0999. The van der Waals surface area contributed by atoms with Crippen LogP contribution in [0.4, 0.5) is 0 Å². The number of hydrogen-bond acceptors (Lipinski definition) is 2. The molecule has 0 heterocycles. The maximum atomic E-state index is 13.5. The van der Waals surface area contributed by atoms with Crippen LogP contribution in [0.25, 0.3) is 0 Å². The number of amides is 2. The Hall–Kier alpha value is -2.40. The smallest absolute Gasteiger partial charge is 0.266 e. The highest BCUT2D eigenvalue weighted by Crippen LogP contribution is 2.32. The quantitative estimate of drug-likeness (QED) is 0.0665. The number of nitrogens with zero attached hydrogens (tertiary/aromatic N) is 2. The van der Waals surface area contributed by atoms with Gasteiger partial charge in [-0.1, -0.05) is 231 Å². The molecule has 2 amide bonds. The highest BCUT2D eigenvalue weighted by molar-refractivity contribution is 7.58. The van der Waals surface area contributed by atoms with Gasteiger partial charge in [0.1, 0.15) is 0 Å².